The van der Waals surface area contributed by atoms with Crippen LogP contribution in [0.5, 0.6) is 0 Å². The molecule has 2 rings (SSSR count). The number of anilines is 1. The van der Waals surface area contributed by atoms with E-state index < -0.39 is 5.97 Å². The van der Waals surface area contributed by atoms with E-state index in [2.05, 4.69) is 5.32 Å². The van der Waals surface area contributed by atoms with E-state index in [9.17, 15) is 9.59 Å². The summed E-state index contributed by atoms with van der Waals surface area (Å²) in [4.78, 5) is 24.0. The van der Waals surface area contributed by atoms with Gasteiger partial charge in [-0.25, -0.2) is 4.79 Å². The second-order valence-corrected chi connectivity index (χ2v) is 7.08. The maximum atomic E-state index is 12.3. The van der Waals surface area contributed by atoms with Crippen LogP contribution in [0.4, 0.5) is 5.69 Å². The first-order valence-electron chi connectivity index (χ1n) is 7.94. The van der Waals surface area contributed by atoms with Gasteiger partial charge in [-0.3, -0.25) is 4.79 Å². The molecule has 0 heterocycles. The number of halogens is 1. The predicted molar refractivity (Wildman–Crippen MR) is 103 cm³/mol. The number of carbonyl (C=O) groups excluding carboxylic acids is 2. The van der Waals surface area contributed by atoms with Crippen molar-refractivity contribution in [2.75, 3.05) is 11.9 Å². The molecular formula is C19H20ClNO3S. The topological polar surface area (TPSA) is 55.4 Å². The van der Waals surface area contributed by atoms with E-state index >= 15 is 0 Å². The fourth-order valence-corrected chi connectivity index (χ4v) is 3.19. The van der Waals surface area contributed by atoms with Gasteiger partial charge in [0.1, 0.15) is 0 Å². The molecule has 0 aliphatic heterocycles. The van der Waals surface area contributed by atoms with Crippen LogP contribution in [-0.4, -0.2) is 23.7 Å². The Morgan fingerprint density at radius 3 is 2.56 bits per heavy atom. The molecule has 0 unspecified atom stereocenters. The summed E-state index contributed by atoms with van der Waals surface area (Å²) in [5.41, 5.74) is 2.01. The first kappa shape index (κ1) is 19.3. The Morgan fingerprint density at radius 1 is 1.20 bits per heavy atom. The van der Waals surface area contributed by atoms with Crippen molar-refractivity contribution in [2.24, 2.45) is 0 Å². The molecule has 2 aromatic rings. The number of nitrogens with one attached hydrogen (secondary N) is 1. The first-order chi connectivity index (χ1) is 12.0. The highest BCUT2D eigenvalue weighted by molar-refractivity contribution is 7.99. The number of hydrogen-bond donors (Lipinski definition) is 1. The van der Waals surface area contributed by atoms with Gasteiger partial charge in [0.05, 0.1) is 22.4 Å². The van der Waals surface area contributed by atoms with E-state index in [1.165, 1.54) is 5.56 Å². The second kappa shape index (κ2) is 9.49. The molecule has 2 aromatic carbocycles. The fraction of sp³-hybridized carbons (Fsp3) is 0.263. The van der Waals surface area contributed by atoms with Crippen LogP contribution in [-0.2, 0) is 15.3 Å². The van der Waals surface area contributed by atoms with E-state index in [-0.39, 0.29) is 28.4 Å². The minimum Gasteiger partial charge on any atom is -0.462 e. The third-order valence-corrected chi connectivity index (χ3v) is 4.97. The van der Waals surface area contributed by atoms with E-state index in [1.54, 1.807) is 36.9 Å². The Kier molecular flexibility index (Phi) is 7.34. The lowest BCUT2D eigenvalue weighted by molar-refractivity contribution is -0.115. The lowest BCUT2D eigenvalue weighted by Gasteiger charge is -2.13. The number of amides is 1. The molecule has 0 aromatic heterocycles. The molecule has 0 fully saturated rings. The molecule has 1 N–H and O–H groups in total. The predicted octanol–water partition coefficient (Wildman–Crippen LogP) is 4.78. The number of esters is 1. The molecule has 4 nitrogen and oxygen atoms in total. The highest BCUT2D eigenvalue weighted by atomic mass is 35.5. The number of thioether (sulfide) groups is 1. The zero-order valence-electron chi connectivity index (χ0n) is 14.1. The summed E-state index contributed by atoms with van der Waals surface area (Å²) in [5.74, 6) is 0.177. The average Bonchev–Trinajstić information content (AvgIpc) is 2.60. The molecule has 0 aliphatic carbocycles. The van der Waals surface area contributed by atoms with Crippen LogP contribution in [0.1, 0.15) is 29.8 Å². The number of carbonyl (C=O) groups is 2. The molecule has 1 atom stereocenters. The second-order valence-electron chi connectivity index (χ2n) is 5.34. The van der Waals surface area contributed by atoms with Crippen molar-refractivity contribution in [1.29, 1.82) is 0 Å². The van der Waals surface area contributed by atoms with Crippen molar-refractivity contribution in [2.45, 2.75) is 24.9 Å². The summed E-state index contributed by atoms with van der Waals surface area (Å²) in [7, 11) is 0. The standard InChI is InChI=1S/C19H20ClNO3S/c1-3-24-19(23)16-10-9-15(11-17(16)20)21-18(22)13(2)25-12-14-7-5-4-6-8-14/h4-11,13H,3,12H2,1-2H3,(H,21,22)/t13-/m1/s1. The van der Waals surface area contributed by atoms with E-state index in [1.807, 2.05) is 37.3 Å². The molecule has 0 radical (unpaired) electrons. The van der Waals surface area contributed by atoms with Gasteiger partial charge in [0.2, 0.25) is 5.91 Å². The maximum absolute atomic E-state index is 12.3. The molecule has 0 bridgehead atoms. The number of hydrogen-bond acceptors (Lipinski definition) is 4. The molecular weight excluding hydrogens is 358 g/mol. The quantitative estimate of drug-likeness (QED) is 0.705. The van der Waals surface area contributed by atoms with Crippen molar-refractivity contribution < 1.29 is 14.3 Å². The van der Waals surface area contributed by atoms with Crippen LogP contribution in [0.15, 0.2) is 48.5 Å². The molecule has 0 saturated carbocycles. The smallest absolute Gasteiger partial charge is 0.339 e. The van der Waals surface area contributed by atoms with Crippen LogP contribution in [0, 0.1) is 0 Å². The summed E-state index contributed by atoms with van der Waals surface area (Å²) < 4.78 is 4.93. The molecule has 0 aliphatic rings. The van der Waals surface area contributed by atoms with Gasteiger partial charge in [-0.05, 0) is 37.6 Å². The number of ether oxygens (including phenoxy) is 1. The third kappa shape index (κ3) is 5.80. The molecule has 0 saturated heterocycles. The van der Waals surface area contributed by atoms with E-state index in [4.69, 9.17) is 16.3 Å². The van der Waals surface area contributed by atoms with E-state index in [0.717, 1.165) is 5.75 Å². The lowest BCUT2D eigenvalue weighted by Crippen LogP contribution is -2.22. The zero-order chi connectivity index (χ0) is 18.2. The highest BCUT2D eigenvalue weighted by Gasteiger charge is 2.16. The normalized spacial score (nSPS) is 11.6. The van der Waals surface area contributed by atoms with Gasteiger partial charge in [0, 0.05) is 11.4 Å². The van der Waals surface area contributed by atoms with Gasteiger partial charge in [-0.2, -0.15) is 0 Å². The Labute approximate surface area is 156 Å². The minimum atomic E-state index is -0.475. The van der Waals surface area contributed by atoms with Gasteiger partial charge in [0.25, 0.3) is 0 Å². The monoisotopic (exact) mass is 377 g/mol. The van der Waals surface area contributed by atoms with Crippen LogP contribution >= 0.6 is 23.4 Å². The summed E-state index contributed by atoms with van der Waals surface area (Å²) in [6, 6.07) is 14.7. The lowest BCUT2D eigenvalue weighted by atomic mass is 10.2. The summed E-state index contributed by atoms with van der Waals surface area (Å²) >= 11 is 7.66. The number of benzene rings is 2. The van der Waals surface area contributed by atoms with Gasteiger partial charge in [-0.1, -0.05) is 41.9 Å². The van der Waals surface area contributed by atoms with Gasteiger partial charge < -0.3 is 10.1 Å². The molecule has 6 heteroatoms. The SMILES string of the molecule is CCOC(=O)c1ccc(NC(=O)[C@@H](C)SCc2ccccc2)cc1Cl. The van der Waals surface area contributed by atoms with Crippen molar-refractivity contribution in [3.05, 3.63) is 64.7 Å². The maximum Gasteiger partial charge on any atom is 0.339 e. The van der Waals surface area contributed by atoms with Crippen molar-refractivity contribution in [3.8, 4) is 0 Å². The van der Waals surface area contributed by atoms with Crippen molar-refractivity contribution in [1.82, 2.24) is 0 Å². The largest absolute Gasteiger partial charge is 0.462 e. The molecule has 132 valence electrons. The third-order valence-electron chi connectivity index (χ3n) is 3.44. The van der Waals surface area contributed by atoms with Crippen molar-refractivity contribution in [3.63, 3.8) is 0 Å². The summed E-state index contributed by atoms with van der Waals surface area (Å²) in [6.45, 7) is 3.87. The molecule has 25 heavy (non-hydrogen) atoms. The Hall–Kier alpha value is -1.98. The highest BCUT2D eigenvalue weighted by Crippen LogP contribution is 2.23. The van der Waals surface area contributed by atoms with Crippen molar-refractivity contribution >= 4 is 40.9 Å². The number of rotatable bonds is 7. The van der Waals surface area contributed by atoms with E-state index in [0.29, 0.717) is 5.69 Å². The van der Waals surface area contributed by atoms with Crippen LogP contribution in [0.2, 0.25) is 5.02 Å². The van der Waals surface area contributed by atoms with Gasteiger partial charge in [-0.15, -0.1) is 11.8 Å². The molecule has 0 spiro atoms. The molecule has 1 amide bonds. The Morgan fingerprint density at radius 2 is 1.92 bits per heavy atom. The summed E-state index contributed by atoms with van der Waals surface area (Å²) in [5, 5.41) is 2.85. The minimum absolute atomic E-state index is 0.110. The first-order valence-corrected chi connectivity index (χ1v) is 9.37. The van der Waals surface area contributed by atoms with Gasteiger partial charge in [0.15, 0.2) is 0 Å². The van der Waals surface area contributed by atoms with Crippen LogP contribution in [0.3, 0.4) is 0 Å². The zero-order valence-corrected chi connectivity index (χ0v) is 15.7. The van der Waals surface area contributed by atoms with Gasteiger partial charge >= 0.3 is 5.97 Å². The Balaban J connectivity index is 1.93. The van der Waals surface area contributed by atoms with Crippen LogP contribution < -0.4 is 5.32 Å². The average molecular weight is 378 g/mol. The fourth-order valence-electron chi connectivity index (χ4n) is 2.08. The Bertz CT molecular complexity index is 737. The summed E-state index contributed by atoms with van der Waals surface area (Å²) in [6.07, 6.45) is 0. The van der Waals surface area contributed by atoms with Crippen LogP contribution in [0.25, 0.3) is 0 Å².